The van der Waals surface area contributed by atoms with E-state index in [2.05, 4.69) is 18.1 Å². The molecule has 100 valence electrons. The highest BCUT2D eigenvalue weighted by Gasteiger charge is 2.27. The van der Waals surface area contributed by atoms with E-state index in [1.54, 1.807) is 0 Å². The van der Waals surface area contributed by atoms with Crippen molar-refractivity contribution in [2.45, 2.75) is 0 Å². The van der Waals surface area contributed by atoms with Gasteiger partial charge in [-0.05, 0) is 6.07 Å². The van der Waals surface area contributed by atoms with Crippen molar-refractivity contribution in [2.75, 3.05) is 18.8 Å². The molecule has 7 heteroatoms. The SMILES string of the molecule is C=CCN(CC=C)C(=O)c1nccc(N)c1[N+](=O)[O-]. The first-order valence-electron chi connectivity index (χ1n) is 5.42. The van der Waals surface area contributed by atoms with Gasteiger partial charge in [0, 0.05) is 19.3 Å². The zero-order chi connectivity index (χ0) is 14.4. The maximum absolute atomic E-state index is 12.2. The molecule has 0 saturated heterocycles. The monoisotopic (exact) mass is 262 g/mol. The summed E-state index contributed by atoms with van der Waals surface area (Å²) in [6.07, 6.45) is 4.29. The van der Waals surface area contributed by atoms with E-state index in [1.165, 1.54) is 29.3 Å². The average molecular weight is 262 g/mol. The number of hydrogen-bond donors (Lipinski definition) is 1. The van der Waals surface area contributed by atoms with Gasteiger partial charge in [-0.3, -0.25) is 14.9 Å². The number of carbonyl (C=O) groups excluding carboxylic acids is 1. The minimum absolute atomic E-state index is 0.0968. The highest BCUT2D eigenvalue weighted by Crippen LogP contribution is 2.24. The fraction of sp³-hybridized carbons (Fsp3) is 0.167. The van der Waals surface area contributed by atoms with E-state index < -0.39 is 16.5 Å². The first-order valence-corrected chi connectivity index (χ1v) is 5.42. The number of rotatable bonds is 6. The maximum Gasteiger partial charge on any atom is 0.323 e. The molecule has 7 nitrogen and oxygen atoms in total. The van der Waals surface area contributed by atoms with Crippen LogP contribution in [-0.4, -0.2) is 33.8 Å². The molecule has 0 bridgehead atoms. The van der Waals surface area contributed by atoms with Crippen LogP contribution in [0.4, 0.5) is 11.4 Å². The van der Waals surface area contributed by atoms with Crippen LogP contribution in [0.2, 0.25) is 0 Å². The standard InChI is InChI=1S/C12H14N4O3/c1-3-7-15(8-4-2)12(17)10-11(16(18)19)9(13)5-6-14-10/h3-6H,1-2,7-8H2,(H2,13,14). The first kappa shape index (κ1) is 14.4. The van der Waals surface area contributed by atoms with Gasteiger partial charge in [-0.15, -0.1) is 13.2 Å². The summed E-state index contributed by atoms with van der Waals surface area (Å²) in [6.45, 7) is 7.52. The van der Waals surface area contributed by atoms with E-state index in [0.29, 0.717) is 0 Å². The second-order valence-electron chi connectivity index (χ2n) is 3.64. The van der Waals surface area contributed by atoms with Gasteiger partial charge in [-0.1, -0.05) is 12.2 Å². The number of anilines is 1. The smallest absolute Gasteiger partial charge is 0.323 e. The van der Waals surface area contributed by atoms with Crippen LogP contribution in [0.1, 0.15) is 10.5 Å². The van der Waals surface area contributed by atoms with Gasteiger partial charge in [0.2, 0.25) is 5.69 Å². The molecule has 0 atom stereocenters. The molecule has 1 rings (SSSR count). The third kappa shape index (κ3) is 3.15. The molecular formula is C12H14N4O3. The molecule has 0 saturated carbocycles. The van der Waals surface area contributed by atoms with Gasteiger partial charge in [0.15, 0.2) is 0 Å². The Morgan fingerprint density at radius 2 is 2.05 bits per heavy atom. The Bertz CT molecular complexity index is 518. The Morgan fingerprint density at radius 3 is 2.53 bits per heavy atom. The van der Waals surface area contributed by atoms with Crippen LogP contribution in [0.3, 0.4) is 0 Å². The van der Waals surface area contributed by atoms with Gasteiger partial charge in [-0.2, -0.15) is 0 Å². The van der Waals surface area contributed by atoms with Crippen molar-refractivity contribution in [3.05, 3.63) is 53.4 Å². The molecule has 1 heterocycles. The molecule has 0 aliphatic carbocycles. The molecule has 1 aromatic heterocycles. The number of nitrogen functional groups attached to an aromatic ring is 1. The van der Waals surface area contributed by atoms with Crippen molar-refractivity contribution in [1.29, 1.82) is 0 Å². The second kappa shape index (κ2) is 6.29. The molecule has 0 fully saturated rings. The topological polar surface area (TPSA) is 102 Å². The predicted molar refractivity (Wildman–Crippen MR) is 71.6 cm³/mol. The van der Waals surface area contributed by atoms with Crippen LogP contribution < -0.4 is 5.73 Å². The number of aromatic nitrogens is 1. The largest absolute Gasteiger partial charge is 0.393 e. The summed E-state index contributed by atoms with van der Waals surface area (Å²) in [7, 11) is 0. The van der Waals surface area contributed by atoms with Crippen molar-refractivity contribution in [2.24, 2.45) is 0 Å². The van der Waals surface area contributed by atoms with Crippen LogP contribution >= 0.6 is 0 Å². The number of nitro groups is 1. The lowest BCUT2D eigenvalue weighted by molar-refractivity contribution is -0.384. The molecule has 1 amide bonds. The van der Waals surface area contributed by atoms with Crippen LogP contribution in [0.15, 0.2) is 37.6 Å². The molecule has 19 heavy (non-hydrogen) atoms. The van der Waals surface area contributed by atoms with Crippen LogP contribution in [0, 0.1) is 10.1 Å². The Balaban J connectivity index is 3.24. The third-order valence-electron chi connectivity index (χ3n) is 2.33. The Kier molecular flexibility index (Phi) is 4.76. The molecule has 0 radical (unpaired) electrons. The highest BCUT2D eigenvalue weighted by molar-refractivity contribution is 5.98. The zero-order valence-electron chi connectivity index (χ0n) is 10.3. The zero-order valence-corrected chi connectivity index (χ0v) is 10.3. The van der Waals surface area contributed by atoms with Gasteiger partial charge in [0.1, 0.15) is 5.69 Å². The van der Waals surface area contributed by atoms with Gasteiger partial charge in [0.25, 0.3) is 5.91 Å². The van der Waals surface area contributed by atoms with E-state index in [1.807, 2.05) is 0 Å². The number of pyridine rings is 1. The van der Waals surface area contributed by atoms with Crippen LogP contribution in [0.25, 0.3) is 0 Å². The quantitative estimate of drug-likeness (QED) is 0.474. The Labute approximate surface area is 110 Å². The lowest BCUT2D eigenvalue weighted by Crippen LogP contribution is -2.32. The van der Waals surface area contributed by atoms with E-state index in [9.17, 15) is 14.9 Å². The number of hydrogen-bond acceptors (Lipinski definition) is 5. The minimum atomic E-state index is -0.713. The fourth-order valence-corrected chi connectivity index (χ4v) is 1.52. The molecule has 1 aromatic rings. The lowest BCUT2D eigenvalue weighted by atomic mass is 10.2. The third-order valence-corrected chi connectivity index (χ3v) is 2.33. The average Bonchev–Trinajstić information content (AvgIpc) is 2.37. The van der Waals surface area contributed by atoms with E-state index in [4.69, 9.17) is 5.73 Å². The number of amides is 1. The molecular weight excluding hydrogens is 248 g/mol. The molecule has 0 aliphatic rings. The van der Waals surface area contributed by atoms with Crippen molar-refractivity contribution >= 4 is 17.3 Å². The predicted octanol–water partition coefficient (Wildman–Crippen LogP) is 1.39. The lowest BCUT2D eigenvalue weighted by Gasteiger charge is -2.18. The summed E-state index contributed by atoms with van der Waals surface area (Å²) < 4.78 is 0. The number of nitrogens with two attached hydrogens (primary N) is 1. The molecule has 0 unspecified atom stereocenters. The first-order chi connectivity index (χ1) is 9.02. The summed E-state index contributed by atoms with van der Waals surface area (Å²) in [5.41, 5.74) is 4.65. The molecule has 2 N–H and O–H groups in total. The Hall–Kier alpha value is -2.70. The summed E-state index contributed by atoms with van der Waals surface area (Å²) in [6, 6.07) is 1.28. The summed E-state index contributed by atoms with van der Waals surface area (Å²) in [4.78, 5) is 27.6. The summed E-state index contributed by atoms with van der Waals surface area (Å²) in [5.74, 6) is -0.584. The molecule has 0 aliphatic heterocycles. The van der Waals surface area contributed by atoms with Gasteiger partial charge in [-0.25, -0.2) is 4.98 Å². The van der Waals surface area contributed by atoms with Gasteiger partial charge >= 0.3 is 5.69 Å². The van der Waals surface area contributed by atoms with Crippen LogP contribution in [0.5, 0.6) is 0 Å². The van der Waals surface area contributed by atoms with Gasteiger partial charge in [0.05, 0.1) is 4.92 Å². The fourth-order valence-electron chi connectivity index (χ4n) is 1.52. The summed E-state index contributed by atoms with van der Waals surface area (Å²) >= 11 is 0. The second-order valence-corrected chi connectivity index (χ2v) is 3.64. The van der Waals surface area contributed by atoms with Crippen molar-refractivity contribution < 1.29 is 9.72 Å². The highest BCUT2D eigenvalue weighted by atomic mass is 16.6. The van der Waals surface area contributed by atoms with Crippen molar-refractivity contribution in [3.8, 4) is 0 Å². The van der Waals surface area contributed by atoms with Crippen molar-refractivity contribution in [3.63, 3.8) is 0 Å². The number of nitrogens with zero attached hydrogens (tertiary/aromatic N) is 3. The maximum atomic E-state index is 12.2. The van der Waals surface area contributed by atoms with Crippen molar-refractivity contribution in [1.82, 2.24) is 9.88 Å². The molecule has 0 aromatic carbocycles. The van der Waals surface area contributed by atoms with Gasteiger partial charge < -0.3 is 10.6 Å². The normalized spacial score (nSPS) is 9.68. The van der Waals surface area contributed by atoms with E-state index in [0.717, 1.165) is 0 Å². The number of carbonyl (C=O) groups is 1. The minimum Gasteiger partial charge on any atom is -0.393 e. The Morgan fingerprint density at radius 1 is 1.47 bits per heavy atom. The van der Waals surface area contributed by atoms with Crippen LogP contribution in [-0.2, 0) is 0 Å². The molecule has 0 spiro atoms. The summed E-state index contributed by atoms with van der Waals surface area (Å²) in [5, 5.41) is 11.0. The van der Waals surface area contributed by atoms with E-state index in [-0.39, 0.29) is 24.5 Å². The van der Waals surface area contributed by atoms with E-state index >= 15 is 0 Å².